The molecule has 2 aromatic carbocycles. The average molecular weight is 491 g/mol. The third-order valence-corrected chi connectivity index (χ3v) is 5.78. The lowest BCUT2D eigenvalue weighted by Gasteiger charge is -2.13. The van der Waals surface area contributed by atoms with Crippen molar-refractivity contribution in [2.75, 3.05) is 18.5 Å². The molecule has 0 unspecified atom stereocenters. The van der Waals surface area contributed by atoms with Crippen molar-refractivity contribution in [3.63, 3.8) is 0 Å². The van der Waals surface area contributed by atoms with E-state index in [1.807, 2.05) is 6.92 Å². The molecule has 1 aliphatic heterocycles. The van der Waals surface area contributed by atoms with Gasteiger partial charge in [0, 0.05) is 5.69 Å². The first-order chi connectivity index (χ1) is 15.8. The molecule has 0 aliphatic carbocycles. The van der Waals surface area contributed by atoms with Gasteiger partial charge >= 0.3 is 5.97 Å². The number of nitrogens with zero attached hydrogens (tertiary/aromatic N) is 1. The molecule has 1 aliphatic rings. The molecule has 0 bridgehead atoms. The van der Waals surface area contributed by atoms with Crippen LogP contribution >= 0.6 is 23.4 Å². The van der Waals surface area contributed by atoms with Gasteiger partial charge in [-0.05, 0) is 60.2 Å². The highest BCUT2D eigenvalue weighted by Crippen LogP contribution is 2.32. The van der Waals surface area contributed by atoms with Crippen molar-refractivity contribution in [2.45, 2.75) is 19.8 Å². The molecule has 172 valence electrons. The maximum absolute atomic E-state index is 13.1. The van der Waals surface area contributed by atoms with E-state index in [1.54, 1.807) is 0 Å². The van der Waals surface area contributed by atoms with E-state index >= 15 is 0 Å². The lowest BCUT2D eigenvalue weighted by molar-refractivity contribution is -0.127. The quantitative estimate of drug-likeness (QED) is 0.314. The fourth-order valence-electron chi connectivity index (χ4n) is 2.84. The summed E-state index contributed by atoms with van der Waals surface area (Å²) in [5.41, 5.74) is 0.908. The fraction of sp³-hybridized carbons (Fsp3) is 0.217. The van der Waals surface area contributed by atoms with Crippen LogP contribution in [-0.4, -0.2) is 41.1 Å². The maximum Gasteiger partial charge on any atom is 0.339 e. The summed E-state index contributed by atoms with van der Waals surface area (Å²) in [6.07, 6.45) is 3.04. The van der Waals surface area contributed by atoms with E-state index in [4.69, 9.17) is 16.3 Å². The number of imide groups is 1. The lowest BCUT2D eigenvalue weighted by Crippen LogP contribution is -2.36. The molecule has 10 heteroatoms. The van der Waals surface area contributed by atoms with Crippen LogP contribution in [-0.2, 0) is 14.3 Å². The number of carbonyl (C=O) groups is 4. The third kappa shape index (κ3) is 6.43. The summed E-state index contributed by atoms with van der Waals surface area (Å²) >= 11 is 6.76. The Kier molecular flexibility index (Phi) is 8.24. The Balaban J connectivity index is 1.65. The first-order valence-corrected chi connectivity index (χ1v) is 11.3. The van der Waals surface area contributed by atoms with E-state index in [1.165, 1.54) is 48.5 Å². The minimum absolute atomic E-state index is 0.0963. The van der Waals surface area contributed by atoms with Crippen LogP contribution in [0.5, 0.6) is 0 Å². The van der Waals surface area contributed by atoms with Gasteiger partial charge in [-0.3, -0.25) is 19.3 Å². The van der Waals surface area contributed by atoms with Crippen LogP contribution < -0.4 is 5.32 Å². The first-order valence-electron chi connectivity index (χ1n) is 10.1. The van der Waals surface area contributed by atoms with Gasteiger partial charge < -0.3 is 10.1 Å². The number of halogens is 2. The van der Waals surface area contributed by atoms with Crippen LogP contribution in [0.3, 0.4) is 0 Å². The fourth-order valence-corrected chi connectivity index (χ4v) is 3.87. The molecule has 0 saturated carbocycles. The topological polar surface area (TPSA) is 92.8 Å². The first kappa shape index (κ1) is 24.5. The Morgan fingerprint density at radius 2 is 1.91 bits per heavy atom. The molecule has 1 heterocycles. The Labute approximate surface area is 198 Å². The zero-order valence-corrected chi connectivity index (χ0v) is 19.2. The van der Waals surface area contributed by atoms with Gasteiger partial charge in [0.15, 0.2) is 0 Å². The van der Waals surface area contributed by atoms with Crippen LogP contribution in [0, 0.1) is 5.82 Å². The van der Waals surface area contributed by atoms with E-state index in [2.05, 4.69) is 5.32 Å². The summed E-state index contributed by atoms with van der Waals surface area (Å²) in [7, 11) is 0. The normalized spacial score (nSPS) is 14.6. The van der Waals surface area contributed by atoms with Gasteiger partial charge in [-0.2, -0.15) is 0 Å². The number of rotatable bonds is 8. The molecular weight excluding hydrogens is 471 g/mol. The molecule has 2 aromatic rings. The highest BCUT2D eigenvalue weighted by Gasteiger charge is 2.36. The molecule has 0 radical (unpaired) electrons. The second-order valence-corrected chi connectivity index (χ2v) is 8.45. The van der Waals surface area contributed by atoms with E-state index in [0.717, 1.165) is 11.3 Å². The number of carbonyl (C=O) groups excluding carboxylic acids is 4. The van der Waals surface area contributed by atoms with Crippen molar-refractivity contribution >= 4 is 58.1 Å². The van der Waals surface area contributed by atoms with Crippen molar-refractivity contribution in [3.05, 3.63) is 69.3 Å². The molecule has 0 atom stereocenters. The van der Waals surface area contributed by atoms with Crippen molar-refractivity contribution in [1.29, 1.82) is 0 Å². The van der Waals surface area contributed by atoms with Crippen molar-refractivity contribution in [2.24, 2.45) is 0 Å². The summed E-state index contributed by atoms with van der Waals surface area (Å²) in [5, 5.41) is 2.12. The predicted molar refractivity (Wildman–Crippen MR) is 124 cm³/mol. The monoisotopic (exact) mass is 490 g/mol. The average Bonchev–Trinajstić information content (AvgIpc) is 3.04. The van der Waals surface area contributed by atoms with E-state index in [0.29, 0.717) is 23.7 Å². The summed E-state index contributed by atoms with van der Waals surface area (Å²) < 4.78 is 18.2. The number of unbranched alkanes of at least 4 members (excludes halogenated alkanes) is 1. The third-order valence-electron chi connectivity index (χ3n) is 4.54. The number of benzene rings is 2. The smallest absolute Gasteiger partial charge is 0.339 e. The van der Waals surface area contributed by atoms with Gasteiger partial charge in [-0.15, -0.1) is 0 Å². The molecule has 0 aromatic heterocycles. The van der Waals surface area contributed by atoms with Crippen LogP contribution in [0.25, 0.3) is 6.08 Å². The second kappa shape index (κ2) is 11.1. The van der Waals surface area contributed by atoms with Gasteiger partial charge in [0.2, 0.25) is 5.91 Å². The Morgan fingerprint density at radius 1 is 1.18 bits per heavy atom. The molecule has 0 spiro atoms. The highest BCUT2D eigenvalue weighted by atomic mass is 35.5. The lowest BCUT2D eigenvalue weighted by atomic mass is 10.2. The van der Waals surface area contributed by atoms with Crippen molar-refractivity contribution in [3.8, 4) is 0 Å². The van der Waals surface area contributed by atoms with Gasteiger partial charge in [0.05, 0.1) is 22.1 Å². The largest absolute Gasteiger partial charge is 0.462 e. The molecule has 33 heavy (non-hydrogen) atoms. The predicted octanol–water partition coefficient (Wildman–Crippen LogP) is 5.11. The zero-order valence-electron chi connectivity index (χ0n) is 17.6. The standard InChI is InChI=1S/C23H20ClFN2O5S/c1-2-3-10-32-22(30)17-12-16(8-9-18(17)24)26-20(28)13-27-21(29)19(33-23(27)31)11-14-4-6-15(25)7-5-14/h4-9,11-12H,2-3,10,13H2,1H3,(H,26,28)/b19-11+. The number of nitrogens with one attached hydrogen (secondary N) is 1. The molecule has 1 saturated heterocycles. The Morgan fingerprint density at radius 3 is 2.61 bits per heavy atom. The number of anilines is 1. The van der Waals surface area contributed by atoms with E-state index in [9.17, 15) is 23.6 Å². The summed E-state index contributed by atoms with van der Waals surface area (Å²) in [4.78, 5) is 50.4. The summed E-state index contributed by atoms with van der Waals surface area (Å²) in [6, 6.07) is 9.73. The van der Waals surface area contributed by atoms with Gasteiger partial charge in [-0.1, -0.05) is 37.1 Å². The minimum Gasteiger partial charge on any atom is -0.462 e. The molecule has 7 nitrogen and oxygen atoms in total. The van der Waals surface area contributed by atoms with Crippen molar-refractivity contribution in [1.82, 2.24) is 4.90 Å². The maximum atomic E-state index is 13.1. The zero-order chi connectivity index (χ0) is 24.0. The van der Waals surface area contributed by atoms with Gasteiger partial charge in [-0.25, -0.2) is 9.18 Å². The number of amides is 3. The molecule has 3 amide bonds. The van der Waals surface area contributed by atoms with Crippen LogP contribution in [0.15, 0.2) is 47.4 Å². The molecule has 1 fully saturated rings. The summed E-state index contributed by atoms with van der Waals surface area (Å²) in [5.74, 6) is -2.29. The van der Waals surface area contributed by atoms with Crippen LogP contribution in [0.4, 0.5) is 14.9 Å². The summed E-state index contributed by atoms with van der Waals surface area (Å²) in [6.45, 7) is 1.71. The SMILES string of the molecule is CCCCOC(=O)c1cc(NC(=O)CN2C(=O)S/C(=C/c3ccc(F)cc3)C2=O)ccc1Cl. The highest BCUT2D eigenvalue weighted by molar-refractivity contribution is 8.18. The second-order valence-electron chi connectivity index (χ2n) is 7.05. The molecular formula is C23H20ClFN2O5S. The Hall–Kier alpha value is -3.17. The van der Waals surface area contributed by atoms with Crippen LogP contribution in [0.2, 0.25) is 5.02 Å². The molecule has 1 N–H and O–H groups in total. The van der Waals surface area contributed by atoms with E-state index in [-0.39, 0.29) is 27.8 Å². The molecule has 3 rings (SSSR count). The minimum atomic E-state index is -0.632. The number of ether oxygens (including phenoxy) is 1. The van der Waals surface area contributed by atoms with E-state index < -0.39 is 35.4 Å². The van der Waals surface area contributed by atoms with Gasteiger partial charge in [0.1, 0.15) is 12.4 Å². The number of hydrogen-bond donors (Lipinski definition) is 1. The number of esters is 1. The number of thioether (sulfide) groups is 1. The van der Waals surface area contributed by atoms with Crippen molar-refractivity contribution < 1.29 is 28.3 Å². The van der Waals surface area contributed by atoms with Gasteiger partial charge in [0.25, 0.3) is 11.1 Å². The number of hydrogen-bond acceptors (Lipinski definition) is 6. The Bertz CT molecular complexity index is 1120. The van der Waals surface area contributed by atoms with Crippen LogP contribution in [0.1, 0.15) is 35.7 Å².